The van der Waals surface area contributed by atoms with Crippen molar-refractivity contribution in [2.75, 3.05) is 6.54 Å². The molecule has 2 aliphatic rings. The van der Waals surface area contributed by atoms with E-state index < -0.39 is 44.1 Å². The number of rotatable bonds is 6. The number of nitrogens with zero attached hydrogens (tertiary/aromatic N) is 2. The second-order valence-corrected chi connectivity index (χ2v) is 16.4. The van der Waals surface area contributed by atoms with E-state index in [1.54, 1.807) is 48.5 Å². The number of ketones is 1. The van der Waals surface area contributed by atoms with E-state index in [1.807, 2.05) is 86.6 Å². The summed E-state index contributed by atoms with van der Waals surface area (Å²) in [4.78, 5) is 14.5. The van der Waals surface area contributed by atoms with Gasteiger partial charge >= 0.3 is 0 Å². The zero-order chi connectivity index (χ0) is 32.9. The predicted molar refractivity (Wildman–Crippen MR) is 183 cm³/mol. The Kier molecular flexibility index (Phi) is 8.12. The zero-order valence-electron chi connectivity index (χ0n) is 26.2. The predicted octanol–water partition coefficient (Wildman–Crippen LogP) is 6.98. The topological polar surface area (TPSA) is 91.8 Å². The maximum Gasteiger partial charge on any atom is 0.243 e. The lowest BCUT2D eigenvalue weighted by molar-refractivity contribution is -0.132. The van der Waals surface area contributed by atoms with Crippen LogP contribution in [0.5, 0.6) is 0 Å². The second kappa shape index (κ2) is 12.1. The molecule has 9 heteroatoms. The Bertz CT molecular complexity index is 2160. The molecule has 240 valence electrons. The summed E-state index contributed by atoms with van der Waals surface area (Å²) < 4.78 is 61.3. The van der Waals surface area contributed by atoms with E-state index in [9.17, 15) is 21.6 Å². The molecule has 0 N–H and O–H groups in total. The molecular weight excluding hydrogens is 629 g/mol. The van der Waals surface area contributed by atoms with Crippen molar-refractivity contribution < 1.29 is 21.6 Å². The minimum absolute atomic E-state index is 0.0608. The molecule has 2 fully saturated rings. The van der Waals surface area contributed by atoms with Crippen LogP contribution < -0.4 is 0 Å². The average Bonchev–Trinajstić information content (AvgIpc) is 3.08. The third kappa shape index (κ3) is 5.61. The number of piperidine rings is 2. The summed E-state index contributed by atoms with van der Waals surface area (Å²) in [6, 6.07) is 34.1. The van der Waals surface area contributed by atoms with Crippen LogP contribution in [0, 0.1) is 19.8 Å². The number of hydrogen-bond donors (Lipinski definition) is 0. The first-order chi connectivity index (χ1) is 22.6. The minimum atomic E-state index is -4.14. The molecule has 4 atom stereocenters. The lowest BCUT2D eigenvalue weighted by atomic mass is 9.77. The van der Waals surface area contributed by atoms with Crippen molar-refractivity contribution >= 4 is 36.6 Å². The normalized spacial score (nSPS) is 22.6. The molecular formula is C38H36N2O5S2. The van der Waals surface area contributed by atoms with E-state index >= 15 is 0 Å². The first-order valence-electron chi connectivity index (χ1n) is 15.8. The van der Waals surface area contributed by atoms with Crippen LogP contribution in [-0.4, -0.2) is 43.8 Å². The van der Waals surface area contributed by atoms with Gasteiger partial charge in [0.2, 0.25) is 20.0 Å². The molecule has 2 aliphatic heterocycles. The van der Waals surface area contributed by atoms with Crippen molar-refractivity contribution in [1.29, 1.82) is 0 Å². The summed E-state index contributed by atoms with van der Waals surface area (Å²) in [5, 5.41) is 1.84. The first-order valence-corrected chi connectivity index (χ1v) is 18.7. The van der Waals surface area contributed by atoms with Gasteiger partial charge in [-0.1, -0.05) is 108 Å². The lowest BCUT2D eigenvalue weighted by Crippen LogP contribution is -2.60. The van der Waals surface area contributed by atoms with Gasteiger partial charge in [0, 0.05) is 24.9 Å². The minimum Gasteiger partial charge on any atom is -0.299 e. The third-order valence-corrected chi connectivity index (χ3v) is 13.5. The molecule has 2 heterocycles. The molecule has 5 aromatic carbocycles. The molecule has 0 unspecified atom stereocenters. The summed E-state index contributed by atoms with van der Waals surface area (Å²) in [5.41, 5.74) is 3.37. The van der Waals surface area contributed by atoms with Crippen LogP contribution in [0.15, 0.2) is 131 Å². The van der Waals surface area contributed by atoms with Gasteiger partial charge in [0.05, 0.1) is 21.9 Å². The number of Topliss-reactive ketones (excluding diaryl/α,β-unsaturated/α-hetero) is 1. The Morgan fingerprint density at radius 1 is 0.617 bits per heavy atom. The molecule has 47 heavy (non-hydrogen) atoms. The SMILES string of the molecule is Cc1ccc(S(=O)(=O)N2C[C@H]3C(=O)C[C@@H](c4cccc5ccccc45)N(S(=O)(=O)c4ccc(C)cc4)[C@H]3C[C@H]2c2ccccc2)cc1. The Morgan fingerprint density at radius 2 is 1.19 bits per heavy atom. The standard InChI is InChI=1S/C38H36N2O5S2/c1-26-15-19-30(20-16-26)46(42,43)39-25-34-36(23-35(39)29-10-4-3-5-11-29)40(47(44,45)31-21-17-27(2)18-22-31)37(24-38(34)41)33-14-8-12-28-9-6-7-13-32(28)33/h3-22,34-37H,23-25H2,1-2H3/t34-,35+,36+,37+/m1/s1. The van der Waals surface area contributed by atoms with Gasteiger partial charge in [-0.3, -0.25) is 4.79 Å². The molecule has 0 radical (unpaired) electrons. The van der Waals surface area contributed by atoms with E-state index in [2.05, 4.69) is 0 Å². The van der Waals surface area contributed by atoms with Gasteiger partial charge in [-0.05, 0) is 66.4 Å². The van der Waals surface area contributed by atoms with Crippen molar-refractivity contribution in [2.45, 2.75) is 54.6 Å². The summed E-state index contributed by atoms with van der Waals surface area (Å²) in [6.07, 6.45) is 0.0621. The van der Waals surface area contributed by atoms with Crippen molar-refractivity contribution in [3.05, 3.63) is 144 Å². The van der Waals surface area contributed by atoms with E-state index in [1.165, 1.54) is 8.61 Å². The van der Waals surface area contributed by atoms with Gasteiger partial charge < -0.3 is 0 Å². The Morgan fingerprint density at radius 3 is 1.85 bits per heavy atom. The molecule has 0 aliphatic carbocycles. The fourth-order valence-electron chi connectivity index (χ4n) is 7.27. The Hall–Kier alpha value is -4.15. The molecule has 5 aromatic rings. The highest BCUT2D eigenvalue weighted by atomic mass is 32.2. The van der Waals surface area contributed by atoms with Crippen LogP contribution in [-0.2, 0) is 24.8 Å². The number of carbonyl (C=O) groups is 1. The zero-order valence-corrected chi connectivity index (χ0v) is 27.9. The molecule has 0 saturated carbocycles. The molecule has 0 amide bonds. The number of benzene rings is 5. The molecule has 7 rings (SSSR count). The second-order valence-electron chi connectivity index (χ2n) is 12.6. The number of aryl methyl sites for hydroxylation is 2. The van der Waals surface area contributed by atoms with Gasteiger partial charge in [0.25, 0.3) is 0 Å². The molecule has 7 nitrogen and oxygen atoms in total. The maximum atomic E-state index is 14.8. The Balaban J connectivity index is 1.40. The number of hydrogen-bond acceptors (Lipinski definition) is 5. The quantitative estimate of drug-likeness (QED) is 0.195. The van der Waals surface area contributed by atoms with Gasteiger partial charge in [-0.2, -0.15) is 8.61 Å². The third-order valence-electron chi connectivity index (χ3n) is 9.69. The van der Waals surface area contributed by atoms with E-state index in [0.717, 1.165) is 33.0 Å². The van der Waals surface area contributed by atoms with Gasteiger partial charge in [-0.25, -0.2) is 16.8 Å². The van der Waals surface area contributed by atoms with Crippen LogP contribution in [0.25, 0.3) is 10.8 Å². The van der Waals surface area contributed by atoms with Crippen LogP contribution in [0.4, 0.5) is 0 Å². The summed E-state index contributed by atoms with van der Waals surface area (Å²) in [5.74, 6) is -0.986. The van der Waals surface area contributed by atoms with Crippen molar-refractivity contribution in [3.63, 3.8) is 0 Å². The number of carbonyl (C=O) groups excluding carboxylic acids is 1. The Labute approximate surface area is 276 Å². The molecule has 0 aromatic heterocycles. The van der Waals surface area contributed by atoms with Crippen LogP contribution in [0.2, 0.25) is 0 Å². The largest absolute Gasteiger partial charge is 0.299 e. The van der Waals surface area contributed by atoms with E-state index in [0.29, 0.717) is 0 Å². The summed E-state index contributed by atoms with van der Waals surface area (Å²) >= 11 is 0. The first kappa shape index (κ1) is 31.4. The van der Waals surface area contributed by atoms with Crippen molar-refractivity contribution in [1.82, 2.24) is 8.61 Å². The highest BCUT2D eigenvalue weighted by molar-refractivity contribution is 7.89. The van der Waals surface area contributed by atoms with E-state index in [4.69, 9.17) is 0 Å². The van der Waals surface area contributed by atoms with Crippen LogP contribution in [0.3, 0.4) is 0 Å². The lowest BCUT2D eigenvalue weighted by Gasteiger charge is -2.51. The van der Waals surface area contributed by atoms with Crippen LogP contribution >= 0.6 is 0 Å². The molecule has 2 saturated heterocycles. The van der Waals surface area contributed by atoms with Crippen molar-refractivity contribution in [3.8, 4) is 0 Å². The summed E-state index contributed by atoms with van der Waals surface area (Å²) in [7, 11) is -8.18. The van der Waals surface area contributed by atoms with Crippen molar-refractivity contribution in [2.24, 2.45) is 5.92 Å². The van der Waals surface area contributed by atoms with Crippen LogP contribution in [0.1, 0.15) is 47.2 Å². The highest BCUT2D eigenvalue weighted by Gasteiger charge is 2.54. The molecule has 0 spiro atoms. The number of sulfonamides is 2. The van der Waals surface area contributed by atoms with Gasteiger partial charge in [0.1, 0.15) is 5.78 Å². The molecule has 0 bridgehead atoms. The highest BCUT2D eigenvalue weighted by Crippen LogP contribution is 2.49. The van der Waals surface area contributed by atoms with Gasteiger partial charge in [0.15, 0.2) is 0 Å². The van der Waals surface area contributed by atoms with Gasteiger partial charge in [-0.15, -0.1) is 0 Å². The smallest absolute Gasteiger partial charge is 0.243 e. The number of fused-ring (bicyclic) bond motifs is 2. The fraction of sp³-hybridized carbons (Fsp3) is 0.237. The monoisotopic (exact) mass is 664 g/mol. The summed E-state index contributed by atoms with van der Waals surface area (Å²) in [6.45, 7) is 3.67. The fourth-order valence-corrected chi connectivity index (χ4v) is 10.8. The maximum absolute atomic E-state index is 14.8. The average molecular weight is 665 g/mol. The van der Waals surface area contributed by atoms with E-state index in [-0.39, 0.29) is 35.0 Å².